The van der Waals surface area contributed by atoms with Crippen LogP contribution in [-0.4, -0.2) is 21.1 Å². The van der Waals surface area contributed by atoms with Gasteiger partial charge in [-0.3, -0.25) is 0 Å². The molecule has 0 saturated heterocycles. The molecule has 1 aromatic rings. The average molecular weight is 211 g/mol. The molecule has 1 heterocycles. The Morgan fingerprint density at radius 3 is 1.79 bits per heavy atom. The van der Waals surface area contributed by atoms with Crippen molar-refractivity contribution in [1.82, 2.24) is 15.0 Å². The Hall–Kier alpha value is -1.67. The van der Waals surface area contributed by atoms with Gasteiger partial charge >= 0.3 is 6.18 Å². The summed E-state index contributed by atoms with van der Waals surface area (Å²) in [6.07, 6.45) is -8.39. The second-order valence-corrected chi connectivity index (χ2v) is 2.31. The average Bonchev–Trinajstić information content (AvgIpc) is 1.99. The number of alkyl halides is 4. The summed E-state index contributed by atoms with van der Waals surface area (Å²) in [4.78, 5) is 9.16. The van der Waals surface area contributed by atoms with Crippen molar-refractivity contribution in [3.05, 3.63) is 5.82 Å². The summed E-state index contributed by atoms with van der Waals surface area (Å²) >= 11 is 0. The Balaban J connectivity index is 3.07. The number of anilines is 2. The molecule has 1 rings (SSSR count). The number of halogens is 4. The predicted molar refractivity (Wildman–Crippen MR) is 38.6 cm³/mol. The van der Waals surface area contributed by atoms with E-state index in [0.717, 1.165) is 0 Å². The van der Waals surface area contributed by atoms with Gasteiger partial charge in [-0.25, -0.2) is 4.39 Å². The Labute approximate surface area is 75.2 Å². The Morgan fingerprint density at radius 1 is 1.00 bits per heavy atom. The van der Waals surface area contributed by atoms with Gasteiger partial charge in [-0.05, 0) is 0 Å². The van der Waals surface area contributed by atoms with Crippen molar-refractivity contribution in [2.45, 2.75) is 12.3 Å². The van der Waals surface area contributed by atoms with E-state index in [2.05, 4.69) is 15.0 Å². The van der Waals surface area contributed by atoms with Crippen LogP contribution >= 0.6 is 0 Å². The van der Waals surface area contributed by atoms with Crippen LogP contribution in [0.4, 0.5) is 29.5 Å². The highest BCUT2D eigenvalue weighted by Crippen LogP contribution is 2.34. The van der Waals surface area contributed by atoms with Crippen molar-refractivity contribution in [2.75, 3.05) is 11.5 Å². The zero-order chi connectivity index (χ0) is 10.9. The molecule has 0 fully saturated rings. The van der Waals surface area contributed by atoms with E-state index < -0.39 is 30.1 Å². The molecule has 0 saturated carbocycles. The van der Waals surface area contributed by atoms with Crippen LogP contribution in [0.3, 0.4) is 0 Å². The first-order valence-corrected chi connectivity index (χ1v) is 3.28. The summed E-state index contributed by atoms with van der Waals surface area (Å²) < 4.78 is 48.1. The van der Waals surface area contributed by atoms with Gasteiger partial charge in [0.15, 0.2) is 5.82 Å². The van der Waals surface area contributed by atoms with Crippen molar-refractivity contribution in [3.8, 4) is 0 Å². The minimum atomic E-state index is -5.08. The fourth-order valence-corrected chi connectivity index (χ4v) is 0.687. The van der Waals surface area contributed by atoms with Crippen LogP contribution in [0.2, 0.25) is 0 Å². The Kier molecular flexibility index (Phi) is 2.41. The number of nitrogens with two attached hydrogens (primary N) is 2. The molecule has 14 heavy (non-hydrogen) atoms. The van der Waals surface area contributed by atoms with Gasteiger partial charge in [0.1, 0.15) is 0 Å². The molecule has 0 aromatic carbocycles. The van der Waals surface area contributed by atoms with Gasteiger partial charge in [0.2, 0.25) is 11.9 Å². The number of rotatable bonds is 1. The van der Waals surface area contributed by atoms with Crippen LogP contribution < -0.4 is 11.5 Å². The van der Waals surface area contributed by atoms with Gasteiger partial charge in [0.05, 0.1) is 0 Å². The largest absolute Gasteiger partial charge is 0.427 e. The van der Waals surface area contributed by atoms with Crippen molar-refractivity contribution < 1.29 is 17.6 Å². The molecule has 9 heteroatoms. The Morgan fingerprint density at radius 2 is 1.43 bits per heavy atom. The molecule has 1 aromatic heterocycles. The molecule has 1 unspecified atom stereocenters. The minimum absolute atomic E-state index is 0.556. The van der Waals surface area contributed by atoms with Crippen molar-refractivity contribution >= 4 is 11.9 Å². The number of aromatic nitrogens is 3. The molecule has 5 nitrogen and oxygen atoms in total. The van der Waals surface area contributed by atoms with Gasteiger partial charge in [0, 0.05) is 0 Å². The molecule has 0 aliphatic carbocycles. The zero-order valence-electron chi connectivity index (χ0n) is 6.59. The first kappa shape index (κ1) is 10.4. The molecule has 0 aliphatic heterocycles. The quantitative estimate of drug-likeness (QED) is 0.664. The minimum Gasteiger partial charge on any atom is -0.368 e. The monoisotopic (exact) mass is 211 g/mol. The van der Waals surface area contributed by atoms with E-state index in [9.17, 15) is 17.6 Å². The molecule has 0 bridgehead atoms. The zero-order valence-corrected chi connectivity index (χ0v) is 6.59. The summed E-state index contributed by atoms with van der Waals surface area (Å²) in [5.74, 6) is -2.25. The van der Waals surface area contributed by atoms with Gasteiger partial charge < -0.3 is 11.5 Å². The third-order valence-corrected chi connectivity index (χ3v) is 1.20. The van der Waals surface area contributed by atoms with Gasteiger partial charge in [-0.15, -0.1) is 0 Å². The smallest absolute Gasteiger partial charge is 0.368 e. The normalized spacial score (nSPS) is 14.0. The lowest BCUT2D eigenvalue weighted by molar-refractivity contribution is -0.184. The highest BCUT2D eigenvalue weighted by atomic mass is 19.4. The molecular formula is C5H5F4N5. The summed E-state index contributed by atoms with van der Waals surface area (Å²) in [7, 11) is 0. The maximum absolute atomic E-state index is 12.6. The number of nitrogen functional groups attached to an aromatic ring is 2. The second-order valence-electron chi connectivity index (χ2n) is 2.31. The summed E-state index contributed by atoms with van der Waals surface area (Å²) in [5, 5.41) is 0. The molecule has 78 valence electrons. The topological polar surface area (TPSA) is 90.7 Å². The fourth-order valence-electron chi connectivity index (χ4n) is 0.687. The lowest BCUT2D eigenvalue weighted by atomic mass is 10.3. The highest BCUT2D eigenvalue weighted by Gasteiger charge is 2.43. The van der Waals surface area contributed by atoms with E-state index in [0.29, 0.717) is 0 Å². The van der Waals surface area contributed by atoms with E-state index in [1.807, 2.05) is 0 Å². The predicted octanol–water partition coefficient (Wildman–Crippen LogP) is 0.609. The fraction of sp³-hybridized carbons (Fsp3) is 0.400. The molecule has 4 N–H and O–H groups in total. The lowest BCUT2D eigenvalue weighted by Crippen LogP contribution is -2.20. The van der Waals surface area contributed by atoms with Crippen molar-refractivity contribution in [1.29, 1.82) is 0 Å². The van der Waals surface area contributed by atoms with Crippen LogP contribution in [-0.2, 0) is 0 Å². The third-order valence-electron chi connectivity index (χ3n) is 1.20. The lowest BCUT2D eigenvalue weighted by Gasteiger charge is -2.10. The number of hydrogen-bond acceptors (Lipinski definition) is 5. The van der Waals surface area contributed by atoms with Crippen LogP contribution in [0, 0.1) is 0 Å². The molecule has 0 radical (unpaired) electrons. The van der Waals surface area contributed by atoms with Crippen LogP contribution in [0.5, 0.6) is 0 Å². The molecule has 0 amide bonds. The van der Waals surface area contributed by atoms with E-state index in [4.69, 9.17) is 11.5 Å². The van der Waals surface area contributed by atoms with Gasteiger partial charge in [-0.2, -0.15) is 28.1 Å². The molecule has 0 spiro atoms. The Bertz CT molecular complexity index is 317. The van der Waals surface area contributed by atoms with Crippen LogP contribution in [0.25, 0.3) is 0 Å². The van der Waals surface area contributed by atoms with E-state index in [-0.39, 0.29) is 0 Å². The summed E-state index contributed by atoms with van der Waals surface area (Å²) in [6.45, 7) is 0. The first-order valence-electron chi connectivity index (χ1n) is 3.28. The van der Waals surface area contributed by atoms with Gasteiger partial charge in [0.25, 0.3) is 6.17 Å². The first-order chi connectivity index (χ1) is 6.30. The van der Waals surface area contributed by atoms with Crippen LogP contribution in [0.15, 0.2) is 0 Å². The highest BCUT2D eigenvalue weighted by molar-refractivity contribution is 5.26. The van der Waals surface area contributed by atoms with Crippen LogP contribution in [0.1, 0.15) is 12.0 Å². The maximum Gasteiger partial charge on any atom is 0.427 e. The summed E-state index contributed by atoms with van der Waals surface area (Å²) in [6, 6.07) is 0. The van der Waals surface area contributed by atoms with Crippen molar-refractivity contribution in [2.24, 2.45) is 0 Å². The standard InChI is InChI=1S/C5H5F4N5/c6-1(5(7,8)9)2-12-3(10)14-4(11)13-2/h1H,(H4,10,11,12,13,14). The third kappa shape index (κ3) is 2.18. The second kappa shape index (κ2) is 3.24. The van der Waals surface area contributed by atoms with E-state index in [1.54, 1.807) is 0 Å². The van der Waals surface area contributed by atoms with E-state index >= 15 is 0 Å². The van der Waals surface area contributed by atoms with Gasteiger partial charge in [-0.1, -0.05) is 0 Å². The molecular weight excluding hydrogens is 206 g/mol. The van der Waals surface area contributed by atoms with E-state index in [1.165, 1.54) is 0 Å². The molecule has 1 atom stereocenters. The summed E-state index contributed by atoms with van der Waals surface area (Å²) in [5.41, 5.74) is 9.93. The molecule has 0 aliphatic rings. The number of hydrogen-bond donors (Lipinski definition) is 2. The SMILES string of the molecule is Nc1nc(N)nc(C(F)C(F)(F)F)n1. The van der Waals surface area contributed by atoms with Crippen molar-refractivity contribution in [3.63, 3.8) is 0 Å². The number of nitrogens with zero attached hydrogens (tertiary/aromatic N) is 3. The maximum atomic E-state index is 12.6.